The highest BCUT2D eigenvalue weighted by molar-refractivity contribution is 9.10. The number of alkyl halides is 2. The van der Waals surface area contributed by atoms with Gasteiger partial charge in [-0.05, 0) is 36.4 Å². The molecule has 3 aromatic rings. The number of halogens is 3. The van der Waals surface area contributed by atoms with Crippen LogP contribution in [0, 0.1) is 0 Å². The van der Waals surface area contributed by atoms with E-state index in [2.05, 4.69) is 25.7 Å². The molecule has 0 saturated carbocycles. The Balaban J connectivity index is 1.71. The van der Waals surface area contributed by atoms with Gasteiger partial charge in [-0.2, -0.15) is 8.78 Å². The van der Waals surface area contributed by atoms with Crippen LogP contribution >= 0.6 is 27.3 Å². The highest BCUT2D eigenvalue weighted by Crippen LogP contribution is 2.26. The largest absolute Gasteiger partial charge is 0.434 e. The lowest BCUT2D eigenvalue weighted by molar-refractivity contribution is -0.125. The van der Waals surface area contributed by atoms with Crippen LogP contribution < -0.4 is 4.74 Å². The lowest BCUT2D eigenvalue weighted by Crippen LogP contribution is -2.24. The number of aromatic nitrogens is 1. The Morgan fingerprint density at radius 1 is 1.33 bits per heavy atom. The third-order valence-corrected chi connectivity index (χ3v) is 5.19. The number of hydrogen-bond donors (Lipinski definition) is 0. The van der Waals surface area contributed by atoms with Gasteiger partial charge in [-0.1, -0.05) is 28.1 Å². The van der Waals surface area contributed by atoms with Crippen molar-refractivity contribution in [2.75, 3.05) is 7.05 Å². The summed E-state index contributed by atoms with van der Waals surface area (Å²) in [6, 6.07) is 12.4. The lowest BCUT2D eigenvalue weighted by Gasteiger charge is -2.13. The number of para-hydroxylation sites is 1. The average molecular weight is 453 g/mol. The number of rotatable bonds is 6. The molecule has 0 aliphatic heterocycles. The van der Waals surface area contributed by atoms with Crippen molar-refractivity contribution in [3.63, 3.8) is 0 Å². The summed E-state index contributed by atoms with van der Waals surface area (Å²) in [5.41, 5.74) is 1.28. The zero-order valence-electron chi connectivity index (χ0n) is 14.2. The molecular weight excluding hydrogens is 438 g/mol. The van der Waals surface area contributed by atoms with E-state index in [1.54, 1.807) is 19.2 Å². The van der Waals surface area contributed by atoms with Crippen molar-refractivity contribution in [1.82, 2.24) is 9.88 Å². The fraction of sp³-hybridized carbons (Fsp3) is 0.158. The molecule has 140 valence electrons. The van der Waals surface area contributed by atoms with Gasteiger partial charge in [-0.3, -0.25) is 4.79 Å². The molecular formula is C19H15BrF2N2O2S. The molecule has 0 bridgehead atoms. The molecule has 0 fully saturated rings. The first kappa shape index (κ1) is 19.4. The monoisotopic (exact) mass is 452 g/mol. The second kappa shape index (κ2) is 8.58. The molecule has 0 unspecified atom stereocenters. The summed E-state index contributed by atoms with van der Waals surface area (Å²) >= 11 is 4.81. The van der Waals surface area contributed by atoms with Gasteiger partial charge in [-0.25, -0.2) is 4.98 Å². The Morgan fingerprint density at radius 3 is 2.85 bits per heavy atom. The fourth-order valence-electron chi connectivity index (χ4n) is 2.41. The Morgan fingerprint density at radius 2 is 2.11 bits per heavy atom. The maximum atomic E-state index is 12.5. The van der Waals surface area contributed by atoms with Gasteiger partial charge >= 0.3 is 6.61 Å². The van der Waals surface area contributed by atoms with Gasteiger partial charge in [0.05, 0.1) is 16.8 Å². The van der Waals surface area contributed by atoms with Crippen LogP contribution in [0.3, 0.4) is 0 Å². The van der Waals surface area contributed by atoms with Crippen LogP contribution in [-0.2, 0) is 11.3 Å². The van der Waals surface area contributed by atoms with Gasteiger partial charge in [-0.15, -0.1) is 11.3 Å². The minimum atomic E-state index is -2.93. The zero-order chi connectivity index (χ0) is 19.4. The summed E-state index contributed by atoms with van der Waals surface area (Å²) in [7, 11) is 1.66. The van der Waals surface area contributed by atoms with Crippen molar-refractivity contribution in [3.8, 4) is 5.75 Å². The van der Waals surface area contributed by atoms with E-state index < -0.39 is 6.61 Å². The molecule has 0 saturated heterocycles. The first-order valence-corrected chi connectivity index (χ1v) is 9.55. The lowest BCUT2D eigenvalue weighted by atomic mass is 10.2. The van der Waals surface area contributed by atoms with Crippen LogP contribution in [0.1, 0.15) is 10.6 Å². The van der Waals surface area contributed by atoms with Crippen LogP contribution in [0.2, 0.25) is 0 Å². The maximum Gasteiger partial charge on any atom is 0.387 e. The number of carbonyl (C=O) groups is 1. The third-order valence-electron chi connectivity index (χ3n) is 3.68. The number of fused-ring (bicyclic) bond motifs is 1. The predicted octanol–water partition coefficient (Wildman–Crippen LogP) is 5.33. The van der Waals surface area contributed by atoms with E-state index in [0.29, 0.717) is 16.6 Å². The Bertz CT molecular complexity index is 958. The molecule has 0 atom stereocenters. The molecule has 2 aromatic carbocycles. The highest BCUT2D eigenvalue weighted by Gasteiger charge is 2.12. The summed E-state index contributed by atoms with van der Waals surface area (Å²) in [5, 5.41) is 0.824. The Hall–Kier alpha value is -2.32. The van der Waals surface area contributed by atoms with Gasteiger partial charge in [0, 0.05) is 23.2 Å². The number of likely N-dealkylation sites (N-methyl/N-ethyl adjacent to an activating group) is 1. The van der Waals surface area contributed by atoms with E-state index in [4.69, 9.17) is 0 Å². The first-order chi connectivity index (χ1) is 12.9. The van der Waals surface area contributed by atoms with E-state index in [1.807, 2.05) is 24.3 Å². The van der Waals surface area contributed by atoms with Crippen molar-refractivity contribution >= 4 is 49.5 Å². The molecule has 0 radical (unpaired) electrons. The van der Waals surface area contributed by atoms with E-state index in [-0.39, 0.29) is 11.7 Å². The Labute approximate surface area is 167 Å². The van der Waals surface area contributed by atoms with Crippen LogP contribution in [0.5, 0.6) is 5.75 Å². The van der Waals surface area contributed by atoms with Crippen LogP contribution in [0.15, 0.2) is 53.0 Å². The van der Waals surface area contributed by atoms with Crippen molar-refractivity contribution in [2.45, 2.75) is 13.2 Å². The minimum Gasteiger partial charge on any atom is -0.434 e. The summed E-state index contributed by atoms with van der Waals surface area (Å²) in [6.07, 6.45) is 2.78. The van der Waals surface area contributed by atoms with Gasteiger partial charge < -0.3 is 9.64 Å². The number of amides is 1. The Kier molecular flexibility index (Phi) is 6.18. The maximum absolute atomic E-state index is 12.5. The first-order valence-electron chi connectivity index (χ1n) is 7.94. The van der Waals surface area contributed by atoms with E-state index in [1.165, 1.54) is 34.5 Å². The number of benzene rings is 2. The molecule has 1 aromatic heterocycles. The van der Waals surface area contributed by atoms with Crippen molar-refractivity contribution in [2.24, 2.45) is 0 Å². The molecule has 0 spiro atoms. The van der Waals surface area contributed by atoms with Gasteiger partial charge in [0.15, 0.2) is 0 Å². The molecule has 8 heteroatoms. The number of thiazole rings is 1. The van der Waals surface area contributed by atoms with Crippen LogP contribution in [0.4, 0.5) is 8.78 Å². The van der Waals surface area contributed by atoms with Gasteiger partial charge in [0.25, 0.3) is 0 Å². The normalized spacial score (nSPS) is 11.4. The summed E-state index contributed by atoms with van der Waals surface area (Å²) in [5.74, 6) is -0.261. The van der Waals surface area contributed by atoms with Crippen LogP contribution in [0.25, 0.3) is 16.3 Å². The SMILES string of the molecule is CN(Cc1nc2ccccc2s1)C(=O)/C=C/c1cc(Br)ccc1OC(F)F. The molecule has 1 amide bonds. The second-order valence-corrected chi connectivity index (χ2v) is 7.69. The third kappa shape index (κ3) is 5.11. The minimum absolute atomic E-state index is 0.00563. The molecule has 0 aliphatic carbocycles. The molecule has 4 nitrogen and oxygen atoms in total. The fourth-order valence-corrected chi connectivity index (χ4v) is 3.81. The smallest absolute Gasteiger partial charge is 0.387 e. The van der Waals surface area contributed by atoms with Crippen molar-refractivity contribution in [3.05, 3.63) is 63.6 Å². The molecule has 27 heavy (non-hydrogen) atoms. The topological polar surface area (TPSA) is 42.4 Å². The van der Waals surface area contributed by atoms with E-state index in [9.17, 15) is 13.6 Å². The number of carbonyl (C=O) groups excluding carboxylic acids is 1. The van der Waals surface area contributed by atoms with Crippen LogP contribution in [-0.4, -0.2) is 29.5 Å². The van der Waals surface area contributed by atoms with Crippen molar-refractivity contribution < 1.29 is 18.3 Å². The summed E-state index contributed by atoms with van der Waals surface area (Å²) in [6.45, 7) is -2.57. The second-order valence-electron chi connectivity index (χ2n) is 5.66. The van der Waals surface area contributed by atoms with Crippen molar-refractivity contribution in [1.29, 1.82) is 0 Å². The van der Waals surface area contributed by atoms with E-state index in [0.717, 1.165) is 15.2 Å². The quantitative estimate of drug-likeness (QED) is 0.474. The molecule has 1 heterocycles. The summed E-state index contributed by atoms with van der Waals surface area (Å²) in [4.78, 5) is 18.4. The molecule has 0 aliphatic rings. The highest BCUT2D eigenvalue weighted by atomic mass is 79.9. The standard InChI is InChI=1S/C19H15BrF2N2O2S/c1-24(11-17-23-14-4-2-3-5-16(14)27-17)18(25)9-6-12-10-13(20)7-8-15(12)26-19(21)22/h2-10,19H,11H2,1H3/b9-6+. The zero-order valence-corrected chi connectivity index (χ0v) is 16.6. The molecule has 3 rings (SSSR count). The number of hydrogen-bond acceptors (Lipinski definition) is 4. The number of nitrogens with zero attached hydrogens (tertiary/aromatic N) is 2. The summed E-state index contributed by atoms with van der Waals surface area (Å²) < 4.78 is 31.3. The van der Waals surface area contributed by atoms with Gasteiger partial charge in [0.1, 0.15) is 10.8 Å². The average Bonchev–Trinajstić information content (AvgIpc) is 3.03. The number of ether oxygens (including phenoxy) is 1. The van der Waals surface area contributed by atoms with E-state index >= 15 is 0 Å². The molecule has 0 N–H and O–H groups in total. The van der Waals surface area contributed by atoms with Gasteiger partial charge in [0.2, 0.25) is 5.91 Å². The predicted molar refractivity (Wildman–Crippen MR) is 106 cm³/mol.